The Bertz CT molecular complexity index is 539. The van der Waals surface area contributed by atoms with Crippen LogP contribution in [0.1, 0.15) is 52.4 Å². The van der Waals surface area contributed by atoms with E-state index in [0.717, 1.165) is 6.42 Å². The van der Waals surface area contributed by atoms with Crippen LogP contribution in [0.15, 0.2) is 0 Å². The molecule has 21 heavy (non-hydrogen) atoms. The fraction of sp³-hybridized carbons (Fsp3) is 0.571. The molecule has 0 saturated carbocycles. The molecule has 118 valence electrons. The van der Waals surface area contributed by atoms with Gasteiger partial charge in [-0.05, 0) is 25.8 Å². The first kappa shape index (κ1) is 17.3. The summed E-state index contributed by atoms with van der Waals surface area (Å²) in [6.07, 6.45) is 1.26. The second-order valence-electron chi connectivity index (χ2n) is 5.03. The molecule has 1 aromatic rings. The molecule has 0 radical (unpaired) electrons. The van der Waals surface area contributed by atoms with Gasteiger partial charge in [0.25, 0.3) is 11.8 Å². The lowest BCUT2D eigenvalue weighted by Crippen LogP contribution is -2.41. The minimum atomic E-state index is -3.15. The zero-order valence-electron chi connectivity index (χ0n) is 12.5. The summed E-state index contributed by atoms with van der Waals surface area (Å²) in [6, 6.07) is 0. The van der Waals surface area contributed by atoms with Crippen molar-refractivity contribution in [2.75, 3.05) is 13.1 Å². The average Bonchev–Trinajstić information content (AvgIpc) is 2.73. The van der Waals surface area contributed by atoms with Gasteiger partial charge in [0.05, 0.1) is 13.1 Å². The molecule has 1 heterocycles. The van der Waals surface area contributed by atoms with Crippen molar-refractivity contribution in [1.29, 1.82) is 0 Å². The Balaban J connectivity index is 3.04. The van der Waals surface area contributed by atoms with Crippen LogP contribution in [0.4, 0.5) is 8.78 Å². The van der Waals surface area contributed by atoms with E-state index in [1.807, 2.05) is 6.92 Å². The molecule has 0 saturated heterocycles. The summed E-state index contributed by atoms with van der Waals surface area (Å²) in [6.45, 7) is 3.34. The average molecular weight is 301 g/mol. The van der Waals surface area contributed by atoms with E-state index in [9.17, 15) is 18.4 Å². The van der Waals surface area contributed by atoms with Crippen LogP contribution in [0.25, 0.3) is 0 Å². The Morgan fingerprint density at radius 2 is 2.00 bits per heavy atom. The van der Waals surface area contributed by atoms with Crippen molar-refractivity contribution < 1.29 is 18.4 Å². The number of amides is 1. The van der Waals surface area contributed by atoms with E-state index in [1.54, 1.807) is 6.92 Å². The van der Waals surface area contributed by atoms with Gasteiger partial charge >= 0.3 is 0 Å². The maximum absolute atomic E-state index is 13.1. The number of aromatic nitrogens is 1. The van der Waals surface area contributed by atoms with Gasteiger partial charge in [0.2, 0.25) is 0 Å². The fourth-order valence-electron chi connectivity index (χ4n) is 2.22. The van der Waals surface area contributed by atoms with Crippen molar-refractivity contribution in [3.8, 4) is 0 Å². The highest BCUT2D eigenvalue weighted by atomic mass is 19.3. The van der Waals surface area contributed by atoms with Gasteiger partial charge in [-0.2, -0.15) is 0 Å². The van der Waals surface area contributed by atoms with Crippen molar-refractivity contribution in [1.82, 2.24) is 10.3 Å². The minimum absolute atomic E-state index is 0.154. The molecule has 0 aliphatic rings. The molecular formula is C14H21F2N3O2. The number of rotatable bonds is 7. The van der Waals surface area contributed by atoms with Crippen molar-refractivity contribution >= 4 is 11.7 Å². The second-order valence-corrected chi connectivity index (χ2v) is 5.03. The highest BCUT2D eigenvalue weighted by Crippen LogP contribution is 2.21. The van der Waals surface area contributed by atoms with Crippen LogP contribution < -0.4 is 11.1 Å². The summed E-state index contributed by atoms with van der Waals surface area (Å²) in [4.78, 5) is 26.6. The van der Waals surface area contributed by atoms with Crippen molar-refractivity contribution in [3.63, 3.8) is 0 Å². The van der Waals surface area contributed by atoms with E-state index in [4.69, 9.17) is 5.73 Å². The number of halogens is 2. The number of ketones is 1. The third-order valence-electron chi connectivity index (χ3n) is 3.18. The van der Waals surface area contributed by atoms with Crippen molar-refractivity contribution in [3.05, 3.63) is 22.5 Å². The molecule has 0 atom stereocenters. The Labute approximate surface area is 122 Å². The number of nitrogens with one attached hydrogen (secondary N) is 2. The van der Waals surface area contributed by atoms with E-state index in [1.165, 1.54) is 6.92 Å². The van der Waals surface area contributed by atoms with E-state index in [2.05, 4.69) is 10.3 Å². The number of Topliss-reactive ketones (excluding diaryl/α,β-unsaturated/α-hetero) is 1. The van der Waals surface area contributed by atoms with Gasteiger partial charge in [-0.25, -0.2) is 8.78 Å². The summed E-state index contributed by atoms with van der Waals surface area (Å²) in [5.41, 5.74) is 6.71. The molecule has 0 aromatic carbocycles. The Morgan fingerprint density at radius 1 is 1.38 bits per heavy atom. The normalized spacial score (nSPS) is 11.5. The van der Waals surface area contributed by atoms with Gasteiger partial charge in [-0.15, -0.1) is 0 Å². The van der Waals surface area contributed by atoms with Crippen LogP contribution in [0.2, 0.25) is 0 Å². The SMILES string of the molecule is CCCc1c(C(=O)NCC(F)(F)CN)[nH]c(C)c1C(C)=O. The third kappa shape index (κ3) is 4.10. The first-order chi connectivity index (χ1) is 9.73. The van der Waals surface area contributed by atoms with Crippen LogP contribution in [0, 0.1) is 6.92 Å². The molecule has 0 fully saturated rings. The second kappa shape index (κ2) is 6.80. The number of carbonyl (C=O) groups excluding carboxylic acids is 2. The lowest BCUT2D eigenvalue weighted by Gasteiger charge is -2.14. The quantitative estimate of drug-likeness (QED) is 0.671. The van der Waals surface area contributed by atoms with Gasteiger partial charge in [0.1, 0.15) is 5.69 Å². The number of nitrogens with two attached hydrogens (primary N) is 1. The number of hydrogen-bond donors (Lipinski definition) is 3. The Hall–Kier alpha value is -1.76. The maximum Gasteiger partial charge on any atom is 0.277 e. The van der Waals surface area contributed by atoms with E-state index < -0.39 is 24.9 Å². The van der Waals surface area contributed by atoms with Crippen LogP contribution >= 0.6 is 0 Å². The number of H-pyrrole nitrogens is 1. The predicted molar refractivity (Wildman–Crippen MR) is 75.9 cm³/mol. The van der Waals surface area contributed by atoms with Gasteiger partial charge in [-0.1, -0.05) is 13.3 Å². The zero-order valence-corrected chi connectivity index (χ0v) is 12.5. The van der Waals surface area contributed by atoms with Gasteiger partial charge < -0.3 is 16.0 Å². The van der Waals surface area contributed by atoms with Gasteiger partial charge in [0, 0.05) is 11.3 Å². The Kier molecular flexibility index (Phi) is 5.60. The first-order valence-corrected chi connectivity index (χ1v) is 6.82. The number of aryl methyl sites for hydroxylation is 1. The standard InChI is InChI=1S/C14H21F2N3O2/c1-4-5-10-11(9(3)20)8(2)19-12(10)13(21)18-7-14(15,16)6-17/h19H,4-7,17H2,1-3H3,(H,18,21). The highest BCUT2D eigenvalue weighted by Gasteiger charge is 2.29. The molecule has 0 aliphatic heterocycles. The molecule has 5 nitrogen and oxygen atoms in total. The number of hydrogen-bond acceptors (Lipinski definition) is 3. The summed E-state index contributed by atoms with van der Waals surface area (Å²) in [7, 11) is 0. The van der Waals surface area contributed by atoms with E-state index in [-0.39, 0.29) is 11.5 Å². The van der Waals surface area contributed by atoms with E-state index in [0.29, 0.717) is 23.2 Å². The highest BCUT2D eigenvalue weighted by molar-refractivity contribution is 6.02. The summed E-state index contributed by atoms with van der Waals surface area (Å²) < 4.78 is 26.2. The zero-order chi connectivity index (χ0) is 16.2. The summed E-state index contributed by atoms with van der Waals surface area (Å²) in [5, 5.41) is 2.16. The molecular weight excluding hydrogens is 280 g/mol. The molecule has 1 amide bonds. The number of aromatic amines is 1. The molecule has 1 rings (SSSR count). The van der Waals surface area contributed by atoms with Crippen LogP contribution in [0.5, 0.6) is 0 Å². The van der Waals surface area contributed by atoms with Crippen LogP contribution in [0.3, 0.4) is 0 Å². The number of carbonyl (C=O) groups is 2. The van der Waals surface area contributed by atoms with E-state index >= 15 is 0 Å². The smallest absolute Gasteiger partial charge is 0.277 e. The van der Waals surface area contributed by atoms with Gasteiger partial charge in [0.15, 0.2) is 5.78 Å². The number of alkyl halides is 2. The van der Waals surface area contributed by atoms with Gasteiger partial charge in [-0.3, -0.25) is 9.59 Å². The van der Waals surface area contributed by atoms with Crippen molar-refractivity contribution in [2.24, 2.45) is 5.73 Å². The fourth-order valence-corrected chi connectivity index (χ4v) is 2.22. The monoisotopic (exact) mass is 301 g/mol. The molecule has 4 N–H and O–H groups in total. The molecule has 0 aliphatic carbocycles. The lowest BCUT2D eigenvalue weighted by atomic mass is 10.0. The Morgan fingerprint density at radius 3 is 2.48 bits per heavy atom. The van der Waals surface area contributed by atoms with Crippen LogP contribution in [-0.4, -0.2) is 35.7 Å². The minimum Gasteiger partial charge on any atom is -0.354 e. The molecule has 7 heteroatoms. The molecule has 0 unspecified atom stereocenters. The predicted octanol–water partition coefficient (Wildman–Crippen LogP) is 1.80. The largest absolute Gasteiger partial charge is 0.354 e. The topological polar surface area (TPSA) is 88.0 Å². The third-order valence-corrected chi connectivity index (χ3v) is 3.18. The summed E-state index contributed by atoms with van der Waals surface area (Å²) in [5.74, 6) is -3.95. The molecule has 0 bridgehead atoms. The molecule has 0 spiro atoms. The van der Waals surface area contributed by atoms with Crippen molar-refractivity contribution in [2.45, 2.75) is 39.5 Å². The van der Waals surface area contributed by atoms with Crippen LogP contribution in [-0.2, 0) is 6.42 Å². The summed E-state index contributed by atoms with van der Waals surface area (Å²) >= 11 is 0. The molecule has 1 aromatic heterocycles. The maximum atomic E-state index is 13.1. The first-order valence-electron chi connectivity index (χ1n) is 6.82. The lowest BCUT2D eigenvalue weighted by molar-refractivity contribution is 0.0118.